The van der Waals surface area contributed by atoms with Crippen molar-refractivity contribution < 1.29 is 4.79 Å². The number of hydrogen-bond acceptors (Lipinski definition) is 7. The van der Waals surface area contributed by atoms with Crippen molar-refractivity contribution in [2.75, 3.05) is 11.9 Å². The number of nitrogens with two attached hydrogens (primary N) is 1. The van der Waals surface area contributed by atoms with Crippen LogP contribution in [0.4, 0.5) is 5.69 Å². The highest BCUT2D eigenvalue weighted by Gasteiger charge is 2.38. The summed E-state index contributed by atoms with van der Waals surface area (Å²) >= 11 is 7.52. The number of fused-ring (bicyclic) bond motifs is 1. The Labute approximate surface area is 216 Å². The topological polar surface area (TPSA) is 71.6 Å². The Morgan fingerprint density at radius 2 is 1.71 bits per heavy atom. The summed E-state index contributed by atoms with van der Waals surface area (Å²) in [6, 6.07) is 16.9. The van der Waals surface area contributed by atoms with Crippen LogP contribution in [-0.2, 0) is 17.3 Å². The number of carbonyl (C=O) groups is 1. The molecule has 2 aliphatic heterocycles. The zero-order valence-electron chi connectivity index (χ0n) is 19.7. The number of likely N-dealkylation sites (N-methyl/N-ethyl adjacent to an activating group) is 1. The van der Waals surface area contributed by atoms with E-state index in [4.69, 9.17) is 18.1 Å². The smallest absolute Gasteiger partial charge is 0.283 e. The predicted octanol–water partition coefficient (Wildman–Crippen LogP) is 3.05. The lowest BCUT2D eigenvalue weighted by Crippen LogP contribution is -2.36. The number of aromatic nitrogens is 1. The van der Waals surface area contributed by atoms with E-state index in [1.54, 1.807) is 7.05 Å². The highest BCUT2D eigenvalue weighted by atomic mass is 32.2. The molecule has 6 nitrogen and oxygen atoms in total. The van der Waals surface area contributed by atoms with Crippen LogP contribution in [-0.4, -0.2) is 26.9 Å². The van der Waals surface area contributed by atoms with Gasteiger partial charge < -0.3 is 9.47 Å². The predicted molar refractivity (Wildman–Crippen MR) is 149 cm³/mol. The van der Waals surface area contributed by atoms with Crippen LogP contribution < -0.4 is 25.5 Å². The van der Waals surface area contributed by atoms with Crippen molar-refractivity contribution in [3.05, 3.63) is 85.4 Å². The second kappa shape index (κ2) is 8.60. The minimum atomic E-state index is -0.386. The molecule has 0 atom stereocenters. The number of carbonyl (C=O) groups excluding carboxylic acids is 1. The van der Waals surface area contributed by atoms with Gasteiger partial charge in [0.05, 0.1) is 4.53 Å². The Balaban J connectivity index is 1.59. The Kier molecular flexibility index (Phi) is 5.83. The number of amides is 1. The maximum Gasteiger partial charge on any atom is 0.283 e. The van der Waals surface area contributed by atoms with E-state index in [1.807, 2.05) is 37.4 Å². The molecule has 0 unspecified atom stereocenters. The fraction of sp³-hybridized carbons (Fsp3) is 0.192. The molecule has 2 N–H and O–H groups in total. The molecular weight excluding hydrogens is 497 g/mol. The summed E-state index contributed by atoms with van der Waals surface area (Å²) in [5.74, 6) is 5.33. The van der Waals surface area contributed by atoms with E-state index in [9.17, 15) is 9.59 Å². The van der Waals surface area contributed by atoms with Gasteiger partial charge in [-0.3, -0.25) is 9.59 Å². The van der Waals surface area contributed by atoms with E-state index < -0.39 is 0 Å². The van der Waals surface area contributed by atoms with Gasteiger partial charge in [-0.2, -0.15) is 0 Å². The zero-order valence-corrected chi connectivity index (χ0v) is 22.2. The summed E-state index contributed by atoms with van der Waals surface area (Å²) in [7, 11) is 3.71. The quantitative estimate of drug-likeness (QED) is 0.318. The molecule has 1 amide bonds. The summed E-state index contributed by atoms with van der Waals surface area (Å²) in [6.07, 6.45) is 3.85. The number of hydrogen-bond donors (Lipinski definition) is 1. The van der Waals surface area contributed by atoms with Gasteiger partial charge >= 0.3 is 0 Å². The molecule has 3 aromatic rings. The Bertz CT molecular complexity index is 1600. The van der Waals surface area contributed by atoms with Crippen LogP contribution in [0.15, 0.2) is 65.1 Å². The third kappa shape index (κ3) is 3.79. The van der Waals surface area contributed by atoms with Crippen molar-refractivity contribution in [1.82, 2.24) is 9.58 Å². The van der Waals surface area contributed by atoms with Crippen LogP contribution in [0.5, 0.6) is 0 Å². The number of rotatable bonds is 2. The molecule has 5 rings (SSSR count). The number of thiocarbonyl (C=S) groups is 1. The van der Waals surface area contributed by atoms with Crippen LogP contribution in [0.25, 0.3) is 22.1 Å². The van der Waals surface area contributed by atoms with Crippen LogP contribution in [0.1, 0.15) is 19.4 Å². The van der Waals surface area contributed by atoms with E-state index in [1.165, 1.54) is 32.6 Å². The molecule has 2 aromatic carbocycles. The number of thioether (sulfide) groups is 1. The van der Waals surface area contributed by atoms with Gasteiger partial charge in [0.1, 0.15) is 9.57 Å². The lowest BCUT2D eigenvalue weighted by Gasteiger charge is -2.23. The molecule has 0 aliphatic carbocycles. The SMILES string of the molecule is CN1/C(=C\C=c2/s/c(=C3\SC(=S)N(N)C3=O)n(C)c2=O)C(C)(C)c2cc(-c3ccccc3)ccc21. The number of thiazole rings is 1. The lowest BCUT2D eigenvalue weighted by atomic mass is 9.82. The second-order valence-corrected chi connectivity index (χ2v) is 11.7. The van der Waals surface area contributed by atoms with Gasteiger partial charge in [-0.15, -0.1) is 11.3 Å². The molecule has 35 heavy (non-hydrogen) atoms. The molecule has 0 radical (unpaired) electrons. The summed E-state index contributed by atoms with van der Waals surface area (Å²) in [5, 5.41) is 0.946. The molecule has 178 valence electrons. The minimum Gasteiger partial charge on any atom is -0.347 e. The molecule has 3 heterocycles. The highest BCUT2D eigenvalue weighted by molar-refractivity contribution is 8.30. The van der Waals surface area contributed by atoms with Crippen LogP contribution in [0.2, 0.25) is 0 Å². The average molecular weight is 521 g/mol. The van der Waals surface area contributed by atoms with Crippen LogP contribution >= 0.6 is 35.3 Å². The fourth-order valence-corrected chi connectivity index (χ4v) is 6.90. The molecule has 0 saturated carbocycles. The normalized spacial score (nSPS) is 20.4. The first kappa shape index (κ1) is 23.7. The largest absolute Gasteiger partial charge is 0.347 e. The van der Waals surface area contributed by atoms with Crippen molar-refractivity contribution in [3.8, 4) is 11.1 Å². The monoisotopic (exact) mass is 520 g/mol. The van der Waals surface area contributed by atoms with Crippen molar-refractivity contribution in [3.63, 3.8) is 0 Å². The number of hydrazine groups is 1. The molecule has 9 heteroatoms. The van der Waals surface area contributed by atoms with Gasteiger partial charge in [0.25, 0.3) is 11.5 Å². The second-order valence-electron chi connectivity index (χ2n) is 9.01. The van der Waals surface area contributed by atoms with E-state index in [-0.39, 0.29) is 21.2 Å². The van der Waals surface area contributed by atoms with Gasteiger partial charge in [-0.1, -0.05) is 62.5 Å². The average Bonchev–Trinajstić information content (AvgIpc) is 3.35. The van der Waals surface area contributed by atoms with Gasteiger partial charge in [0, 0.05) is 30.9 Å². The van der Waals surface area contributed by atoms with Gasteiger partial charge in [0.2, 0.25) is 0 Å². The van der Waals surface area contributed by atoms with E-state index >= 15 is 0 Å². The Morgan fingerprint density at radius 3 is 2.37 bits per heavy atom. The number of allylic oxidation sites excluding steroid dienone is 2. The van der Waals surface area contributed by atoms with E-state index in [2.05, 4.69) is 49.1 Å². The van der Waals surface area contributed by atoms with Gasteiger partial charge in [0.15, 0.2) is 4.32 Å². The lowest BCUT2D eigenvalue weighted by molar-refractivity contribution is -0.120. The van der Waals surface area contributed by atoms with Gasteiger partial charge in [-0.05, 0) is 52.7 Å². The molecule has 1 saturated heterocycles. The number of benzene rings is 2. The first-order chi connectivity index (χ1) is 16.6. The summed E-state index contributed by atoms with van der Waals surface area (Å²) < 4.78 is 2.86. The summed E-state index contributed by atoms with van der Waals surface area (Å²) in [5.41, 5.74) is 5.41. The Morgan fingerprint density at radius 1 is 1.00 bits per heavy atom. The molecule has 1 aromatic heterocycles. The first-order valence-electron chi connectivity index (χ1n) is 11.0. The maximum atomic E-state index is 13.0. The van der Waals surface area contributed by atoms with E-state index in [0.29, 0.717) is 14.1 Å². The molecule has 2 aliphatic rings. The number of anilines is 1. The third-order valence-electron chi connectivity index (χ3n) is 6.55. The third-order valence-corrected chi connectivity index (χ3v) is 9.27. The summed E-state index contributed by atoms with van der Waals surface area (Å²) in [6.45, 7) is 4.39. The minimum absolute atomic E-state index is 0.161. The molecule has 0 bridgehead atoms. The standard InChI is InChI=1S/C26H24N4O2S3/c1-26(2)17-14-16(15-8-6-5-7-9-15)10-11-18(17)28(3)20(26)13-12-19-22(31)29(4)24(34-19)21-23(32)30(27)25(33)35-21/h5-14H,27H2,1-4H3/b19-12-,20-13-,24-21-. The van der Waals surface area contributed by atoms with E-state index in [0.717, 1.165) is 28.2 Å². The zero-order chi connectivity index (χ0) is 25.1. The highest BCUT2D eigenvalue weighted by Crippen LogP contribution is 2.48. The molecular formula is C26H24N4O2S3. The summed E-state index contributed by atoms with van der Waals surface area (Å²) in [4.78, 5) is 28.0. The number of nitrogens with zero attached hydrogens (tertiary/aromatic N) is 3. The van der Waals surface area contributed by atoms with Crippen molar-refractivity contribution in [1.29, 1.82) is 0 Å². The first-order valence-corrected chi connectivity index (χ1v) is 13.0. The van der Waals surface area contributed by atoms with Crippen LogP contribution in [0.3, 0.4) is 0 Å². The molecule has 0 spiro atoms. The fourth-order valence-electron chi connectivity index (χ4n) is 4.59. The van der Waals surface area contributed by atoms with Crippen LogP contribution in [0, 0.1) is 0 Å². The van der Waals surface area contributed by atoms with Crippen molar-refractivity contribution in [2.45, 2.75) is 19.3 Å². The maximum absolute atomic E-state index is 13.0. The Hall–Kier alpha value is -2.98. The van der Waals surface area contributed by atoms with Crippen molar-refractivity contribution in [2.24, 2.45) is 12.9 Å². The van der Waals surface area contributed by atoms with Crippen molar-refractivity contribution >= 4 is 62.2 Å². The van der Waals surface area contributed by atoms with Gasteiger partial charge in [-0.25, -0.2) is 10.9 Å². The molecule has 1 fully saturated rings.